The van der Waals surface area contributed by atoms with E-state index in [1.54, 1.807) is 22.8 Å². The van der Waals surface area contributed by atoms with Crippen molar-refractivity contribution in [2.24, 2.45) is 0 Å². The van der Waals surface area contributed by atoms with Crippen molar-refractivity contribution < 1.29 is 22.7 Å². The highest BCUT2D eigenvalue weighted by Gasteiger charge is 2.30. The van der Waals surface area contributed by atoms with Crippen LogP contribution >= 0.6 is 11.6 Å². The first-order chi connectivity index (χ1) is 15.2. The third-order valence-corrected chi connectivity index (χ3v) is 5.30. The van der Waals surface area contributed by atoms with Crippen molar-refractivity contribution >= 4 is 28.8 Å². The lowest BCUT2D eigenvalue weighted by atomic mass is 10.1. The molecule has 0 saturated carbocycles. The van der Waals surface area contributed by atoms with Crippen molar-refractivity contribution in [2.45, 2.75) is 26.1 Å². The Bertz CT molecular complexity index is 1280. The van der Waals surface area contributed by atoms with E-state index in [2.05, 4.69) is 4.98 Å². The van der Waals surface area contributed by atoms with Crippen LogP contribution in [0.3, 0.4) is 0 Å². The minimum Gasteiger partial charge on any atom is -0.491 e. The molecule has 0 unspecified atom stereocenters. The lowest BCUT2D eigenvalue weighted by molar-refractivity contribution is -0.137. The molecule has 32 heavy (non-hydrogen) atoms. The number of aromatic nitrogens is 2. The van der Waals surface area contributed by atoms with Gasteiger partial charge in [-0.3, -0.25) is 9.78 Å². The van der Waals surface area contributed by atoms with Crippen LogP contribution in [0.4, 0.5) is 13.2 Å². The SMILES string of the molecule is CC(C)Oc1ccc(-n2c(C=O)c(Cl)c3cc(-c4ccc(C(F)(F)F)cn4)ccc32)cc1. The van der Waals surface area contributed by atoms with E-state index >= 15 is 0 Å². The van der Waals surface area contributed by atoms with Crippen LogP contribution < -0.4 is 4.74 Å². The summed E-state index contributed by atoms with van der Waals surface area (Å²) in [6, 6.07) is 14.8. The fraction of sp³-hybridized carbons (Fsp3) is 0.167. The Labute approximate surface area is 187 Å². The van der Waals surface area contributed by atoms with Crippen molar-refractivity contribution in [3.63, 3.8) is 0 Å². The minimum atomic E-state index is -4.45. The maximum absolute atomic E-state index is 12.8. The molecule has 2 aromatic heterocycles. The Morgan fingerprint density at radius 1 is 1.06 bits per heavy atom. The van der Waals surface area contributed by atoms with Crippen molar-refractivity contribution in [2.75, 3.05) is 0 Å². The quantitative estimate of drug-likeness (QED) is 0.303. The average Bonchev–Trinajstić information content (AvgIpc) is 3.04. The number of carbonyl (C=O) groups excluding carboxylic acids is 1. The van der Waals surface area contributed by atoms with E-state index in [0.29, 0.717) is 34.2 Å². The van der Waals surface area contributed by atoms with Gasteiger partial charge in [0.15, 0.2) is 6.29 Å². The van der Waals surface area contributed by atoms with Gasteiger partial charge in [0.25, 0.3) is 0 Å². The van der Waals surface area contributed by atoms with Gasteiger partial charge in [0.1, 0.15) is 11.4 Å². The molecule has 4 nitrogen and oxygen atoms in total. The standard InChI is InChI=1S/C24H18ClF3N2O2/c1-14(2)32-18-7-5-17(6-8-18)30-21-10-3-15(11-19(21)23(25)22(30)13-31)20-9-4-16(12-29-20)24(26,27)28/h3-14H,1-2H3. The summed E-state index contributed by atoms with van der Waals surface area (Å²) in [6.45, 7) is 3.86. The summed E-state index contributed by atoms with van der Waals surface area (Å²) in [4.78, 5) is 15.8. The van der Waals surface area contributed by atoms with Gasteiger partial charge in [-0.05, 0) is 62.4 Å². The summed E-state index contributed by atoms with van der Waals surface area (Å²) in [5, 5.41) is 0.849. The van der Waals surface area contributed by atoms with Crippen LogP contribution in [0.2, 0.25) is 5.02 Å². The summed E-state index contributed by atoms with van der Waals surface area (Å²) in [5.41, 5.74) is 1.82. The van der Waals surface area contributed by atoms with Gasteiger partial charge >= 0.3 is 6.18 Å². The van der Waals surface area contributed by atoms with E-state index in [1.165, 1.54) is 6.07 Å². The molecule has 0 aliphatic carbocycles. The van der Waals surface area contributed by atoms with Crippen LogP contribution in [-0.2, 0) is 6.18 Å². The van der Waals surface area contributed by atoms with Gasteiger partial charge in [0.05, 0.1) is 27.9 Å². The second-order valence-electron chi connectivity index (χ2n) is 7.47. The van der Waals surface area contributed by atoms with Gasteiger partial charge in [0.2, 0.25) is 0 Å². The maximum atomic E-state index is 12.8. The molecule has 0 radical (unpaired) electrons. The molecule has 0 bridgehead atoms. The number of hydrogen-bond acceptors (Lipinski definition) is 3. The molecule has 0 fully saturated rings. The lowest BCUT2D eigenvalue weighted by Crippen LogP contribution is -2.05. The molecule has 4 rings (SSSR count). The summed E-state index contributed by atoms with van der Waals surface area (Å²) in [7, 11) is 0. The Morgan fingerprint density at radius 2 is 1.78 bits per heavy atom. The minimum absolute atomic E-state index is 0.0328. The van der Waals surface area contributed by atoms with Gasteiger partial charge in [-0.2, -0.15) is 13.2 Å². The fourth-order valence-electron chi connectivity index (χ4n) is 3.49. The first-order valence-corrected chi connectivity index (χ1v) is 10.2. The Hall–Kier alpha value is -3.32. The molecule has 2 aromatic carbocycles. The number of ether oxygens (including phenoxy) is 1. The maximum Gasteiger partial charge on any atom is 0.417 e. The summed E-state index contributed by atoms with van der Waals surface area (Å²) < 4.78 is 45.8. The number of alkyl halides is 3. The van der Waals surface area contributed by atoms with Crippen LogP contribution in [0.25, 0.3) is 27.8 Å². The zero-order valence-corrected chi connectivity index (χ0v) is 17.9. The third-order valence-electron chi connectivity index (χ3n) is 4.90. The largest absolute Gasteiger partial charge is 0.491 e. The zero-order chi connectivity index (χ0) is 23.0. The zero-order valence-electron chi connectivity index (χ0n) is 17.2. The van der Waals surface area contributed by atoms with E-state index in [0.717, 1.165) is 18.0 Å². The molecule has 8 heteroatoms. The van der Waals surface area contributed by atoms with Gasteiger partial charge < -0.3 is 9.30 Å². The van der Waals surface area contributed by atoms with Crippen LogP contribution in [0.15, 0.2) is 60.8 Å². The molecule has 0 atom stereocenters. The highest BCUT2D eigenvalue weighted by Crippen LogP contribution is 2.36. The van der Waals surface area contributed by atoms with Crippen molar-refractivity contribution in [3.05, 3.63) is 77.1 Å². The predicted molar refractivity (Wildman–Crippen MR) is 118 cm³/mol. The van der Waals surface area contributed by atoms with Crippen LogP contribution in [-0.4, -0.2) is 21.9 Å². The Morgan fingerprint density at radius 3 is 2.34 bits per heavy atom. The molecule has 0 aliphatic rings. The van der Waals surface area contributed by atoms with Gasteiger partial charge in [0, 0.05) is 22.8 Å². The Balaban J connectivity index is 1.79. The van der Waals surface area contributed by atoms with Crippen molar-refractivity contribution in [3.8, 4) is 22.7 Å². The number of hydrogen-bond donors (Lipinski definition) is 0. The topological polar surface area (TPSA) is 44.1 Å². The number of benzene rings is 2. The first kappa shape index (κ1) is 21.9. The number of rotatable bonds is 5. The van der Waals surface area contributed by atoms with Gasteiger partial charge in [-0.1, -0.05) is 17.7 Å². The normalized spacial score (nSPS) is 11.8. The van der Waals surface area contributed by atoms with E-state index in [1.807, 2.05) is 38.1 Å². The smallest absolute Gasteiger partial charge is 0.417 e. The molecule has 0 N–H and O–H groups in total. The number of nitrogens with zero attached hydrogens (tertiary/aromatic N) is 2. The molecule has 0 spiro atoms. The number of pyridine rings is 1. The van der Waals surface area contributed by atoms with Gasteiger partial charge in [-0.25, -0.2) is 0 Å². The lowest BCUT2D eigenvalue weighted by Gasteiger charge is -2.12. The van der Waals surface area contributed by atoms with E-state index in [9.17, 15) is 18.0 Å². The highest BCUT2D eigenvalue weighted by atomic mass is 35.5. The molecular formula is C24H18ClF3N2O2. The van der Waals surface area contributed by atoms with E-state index in [4.69, 9.17) is 16.3 Å². The van der Waals surface area contributed by atoms with Crippen LogP contribution in [0, 0.1) is 0 Å². The van der Waals surface area contributed by atoms with Crippen molar-refractivity contribution in [1.82, 2.24) is 9.55 Å². The molecule has 0 aliphatic heterocycles. The summed E-state index contributed by atoms with van der Waals surface area (Å²) >= 11 is 6.51. The average molecular weight is 459 g/mol. The second-order valence-corrected chi connectivity index (χ2v) is 7.85. The van der Waals surface area contributed by atoms with E-state index < -0.39 is 11.7 Å². The molecule has 0 saturated heterocycles. The number of aldehydes is 1. The van der Waals surface area contributed by atoms with E-state index in [-0.39, 0.29) is 16.8 Å². The molecular weight excluding hydrogens is 441 g/mol. The van der Waals surface area contributed by atoms with Crippen molar-refractivity contribution in [1.29, 1.82) is 0 Å². The fourth-order valence-corrected chi connectivity index (χ4v) is 3.77. The molecule has 164 valence electrons. The van der Waals surface area contributed by atoms with Crippen LogP contribution in [0.1, 0.15) is 29.9 Å². The first-order valence-electron chi connectivity index (χ1n) is 9.79. The number of fused-ring (bicyclic) bond motifs is 1. The Kier molecular flexibility index (Phi) is 5.69. The predicted octanol–water partition coefficient (Wildman–Crippen LogP) is 6.96. The summed E-state index contributed by atoms with van der Waals surface area (Å²) in [5.74, 6) is 0.703. The second kappa shape index (κ2) is 8.31. The van der Waals surface area contributed by atoms with Gasteiger partial charge in [-0.15, -0.1) is 0 Å². The summed E-state index contributed by atoms with van der Waals surface area (Å²) in [6.07, 6.45) is -2.95. The number of carbonyl (C=O) groups is 1. The molecule has 4 aromatic rings. The van der Waals surface area contributed by atoms with Crippen LogP contribution in [0.5, 0.6) is 5.75 Å². The molecule has 0 amide bonds. The third kappa shape index (κ3) is 4.08. The number of halogens is 4. The molecule has 2 heterocycles. The monoisotopic (exact) mass is 458 g/mol. The highest BCUT2D eigenvalue weighted by molar-refractivity contribution is 6.38.